The standard InChI is InChI=1S/C12H20N4O5S/c1-8(2)16-10(6-13-14-16)22(19,20)15-7-9(21-4)5-12(15,3)11(17)18/h6,8-9H,5,7H2,1-4H3,(H,17,18). The Morgan fingerprint density at radius 1 is 1.55 bits per heavy atom. The third kappa shape index (κ3) is 2.50. The summed E-state index contributed by atoms with van der Waals surface area (Å²) in [6, 6.07) is -0.218. The Labute approximate surface area is 128 Å². The Hall–Kier alpha value is -1.52. The van der Waals surface area contributed by atoms with E-state index in [4.69, 9.17) is 4.74 Å². The third-order valence-corrected chi connectivity index (χ3v) is 5.88. The summed E-state index contributed by atoms with van der Waals surface area (Å²) in [6.07, 6.45) is 0.748. The van der Waals surface area contributed by atoms with Crippen LogP contribution in [0.2, 0.25) is 0 Å². The Morgan fingerprint density at radius 3 is 2.68 bits per heavy atom. The molecular formula is C12H20N4O5S. The van der Waals surface area contributed by atoms with Gasteiger partial charge in [0.2, 0.25) is 0 Å². The minimum Gasteiger partial charge on any atom is -0.480 e. The van der Waals surface area contributed by atoms with Gasteiger partial charge in [0, 0.05) is 26.1 Å². The lowest BCUT2D eigenvalue weighted by Crippen LogP contribution is -2.51. The largest absolute Gasteiger partial charge is 0.480 e. The summed E-state index contributed by atoms with van der Waals surface area (Å²) < 4.78 is 33.2. The number of sulfonamides is 1. The van der Waals surface area contributed by atoms with Crippen molar-refractivity contribution in [3.8, 4) is 0 Å². The van der Waals surface area contributed by atoms with Crippen LogP contribution in [0.5, 0.6) is 0 Å². The number of hydrogen-bond acceptors (Lipinski definition) is 6. The highest BCUT2D eigenvalue weighted by Crippen LogP contribution is 2.36. The Bertz CT molecular complexity index is 671. The van der Waals surface area contributed by atoms with E-state index in [9.17, 15) is 18.3 Å². The van der Waals surface area contributed by atoms with Crippen molar-refractivity contribution in [3.63, 3.8) is 0 Å². The Balaban J connectivity index is 2.52. The molecule has 0 aliphatic carbocycles. The molecular weight excluding hydrogens is 312 g/mol. The zero-order chi connectivity index (χ0) is 16.7. The molecule has 0 radical (unpaired) electrons. The molecule has 1 aromatic heterocycles. The summed E-state index contributed by atoms with van der Waals surface area (Å²) in [4.78, 5) is 11.6. The maximum atomic E-state index is 12.9. The van der Waals surface area contributed by atoms with E-state index in [0.29, 0.717) is 0 Å². The minimum atomic E-state index is -4.06. The summed E-state index contributed by atoms with van der Waals surface area (Å²) >= 11 is 0. The molecule has 2 rings (SSSR count). The maximum Gasteiger partial charge on any atom is 0.324 e. The third-order valence-electron chi connectivity index (χ3n) is 3.92. The normalized spacial score (nSPS) is 26.7. The van der Waals surface area contributed by atoms with Crippen LogP contribution in [0.25, 0.3) is 0 Å². The fourth-order valence-electron chi connectivity index (χ4n) is 2.60. The molecule has 1 saturated heterocycles. The molecule has 0 saturated carbocycles. The fourth-order valence-corrected chi connectivity index (χ4v) is 4.54. The predicted molar refractivity (Wildman–Crippen MR) is 75.8 cm³/mol. The second-order valence-corrected chi connectivity index (χ2v) is 7.60. The molecule has 0 spiro atoms. The number of ether oxygens (including phenoxy) is 1. The van der Waals surface area contributed by atoms with Crippen LogP contribution < -0.4 is 0 Å². The van der Waals surface area contributed by atoms with E-state index in [2.05, 4.69) is 10.3 Å². The van der Waals surface area contributed by atoms with Crippen LogP contribution in [-0.4, -0.2) is 64.1 Å². The van der Waals surface area contributed by atoms with Gasteiger partial charge in [-0.2, -0.15) is 4.31 Å². The lowest BCUT2D eigenvalue weighted by molar-refractivity contribution is -0.146. The summed E-state index contributed by atoms with van der Waals surface area (Å²) in [6.45, 7) is 4.90. The van der Waals surface area contributed by atoms with Crippen molar-refractivity contribution in [3.05, 3.63) is 6.20 Å². The van der Waals surface area contributed by atoms with Gasteiger partial charge in [-0.1, -0.05) is 5.21 Å². The second kappa shape index (κ2) is 5.60. The molecule has 9 nitrogen and oxygen atoms in total. The zero-order valence-corrected chi connectivity index (χ0v) is 13.7. The highest BCUT2D eigenvalue weighted by molar-refractivity contribution is 7.89. The number of carboxylic acids is 1. The van der Waals surface area contributed by atoms with Gasteiger partial charge in [0.15, 0.2) is 5.03 Å². The lowest BCUT2D eigenvalue weighted by atomic mass is 10.00. The van der Waals surface area contributed by atoms with Gasteiger partial charge in [0.1, 0.15) is 5.54 Å². The highest BCUT2D eigenvalue weighted by atomic mass is 32.2. The number of hydrogen-bond donors (Lipinski definition) is 1. The quantitative estimate of drug-likeness (QED) is 0.814. The average molecular weight is 332 g/mol. The van der Waals surface area contributed by atoms with E-state index in [1.807, 2.05) is 0 Å². The average Bonchev–Trinajstić information content (AvgIpc) is 3.03. The van der Waals surface area contributed by atoms with Gasteiger partial charge in [-0.25, -0.2) is 13.1 Å². The number of aliphatic carboxylic acids is 1. The number of aromatic nitrogens is 3. The Kier molecular flexibility index (Phi) is 4.28. The van der Waals surface area contributed by atoms with Gasteiger partial charge in [-0.15, -0.1) is 5.10 Å². The number of methoxy groups -OCH3 is 1. The molecule has 124 valence electrons. The van der Waals surface area contributed by atoms with E-state index in [-0.39, 0.29) is 24.0 Å². The molecule has 1 fully saturated rings. The van der Waals surface area contributed by atoms with Crippen molar-refractivity contribution >= 4 is 16.0 Å². The summed E-state index contributed by atoms with van der Waals surface area (Å²) in [5, 5.41) is 16.8. The van der Waals surface area contributed by atoms with E-state index < -0.39 is 27.6 Å². The van der Waals surface area contributed by atoms with Gasteiger partial charge in [-0.05, 0) is 20.8 Å². The monoisotopic (exact) mass is 332 g/mol. The van der Waals surface area contributed by atoms with E-state index in [1.165, 1.54) is 18.7 Å². The molecule has 10 heteroatoms. The minimum absolute atomic E-state index is 0.0229. The molecule has 22 heavy (non-hydrogen) atoms. The van der Waals surface area contributed by atoms with E-state index in [1.54, 1.807) is 13.8 Å². The van der Waals surface area contributed by atoms with Crippen molar-refractivity contribution in [1.82, 2.24) is 19.3 Å². The first-order valence-corrected chi connectivity index (χ1v) is 8.28. The Morgan fingerprint density at radius 2 is 2.18 bits per heavy atom. The molecule has 0 aromatic carbocycles. The first-order valence-electron chi connectivity index (χ1n) is 6.83. The molecule has 0 amide bonds. The van der Waals surface area contributed by atoms with Crippen molar-refractivity contribution < 1.29 is 23.1 Å². The van der Waals surface area contributed by atoms with Crippen LogP contribution in [0.1, 0.15) is 33.2 Å². The van der Waals surface area contributed by atoms with Gasteiger partial charge in [-0.3, -0.25) is 4.79 Å². The molecule has 1 N–H and O–H groups in total. The van der Waals surface area contributed by atoms with Crippen LogP contribution in [0.3, 0.4) is 0 Å². The number of rotatable bonds is 5. The molecule has 0 bridgehead atoms. The van der Waals surface area contributed by atoms with Crippen LogP contribution in [0, 0.1) is 0 Å². The summed E-state index contributed by atoms with van der Waals surface area (Å²) in [5.41, 5.74) is -1.56. The summed E-state index contributed by atoms with van der Waals surface area (Å²) in [7, 11) is -2.62. The van der Waals surface area contributed by atoms with Gasteiger partial charge >= 0.3 is 5.97 Å². The molecule has 2 heterocycles. The fraction of sp³-hybridized carbons (Fsp3) is 0.750. The summed E-state index contributed by atoms with van der Waals surface area (Å²) in [5.74, 6) is -1.21. The molecule has 2 unspecified atom stereocenters. The van der Waals surface area contributed by atoms with Crippen LogP contribution in [0.15, 0.2) is 11.2 Å². The smallest absolute Gasteiger partial charge is 0.324 e. The number of carbonyl (C=O) groups is 1. The molecule has 1 aromatic rings. The van der Waals surface area contributed by atoms with E-state index >= 15 is 0 Å². The highest BCUT2D eigenvalue weighted by Gasteiger charge is 2.54. The van der Waals surface area contributed by atoms with Crippen molar-refractivity contribution in [2.45, 2.75) is 49.9 Å². The molecule has 1 aliphatic heterocycles. The number of nitrogens with zero attached hydrogens (tertiary/aromatic N) is 4. The lowest BCUT2D eigenvalue weighted by Gasteiger charge is -2.29. The second-order valence-electron chi connectivity index (χ2n) is 5.79. The SMILES string of the molecule is COC1CN(S(=O)(=O)c2cnnn2C(C)C)C(C)(C(=O)O)C1. The molecule has 1 aliphatic rings. The first kappa shape index (κ1) is 16.8. The zero-order valence-electron chi connectivity index (χ0n) is 12.9. The van der Waals surface area contributed by atoms with Gasteiger partial charge < -0.3 is 9.84 Å². The van der Waals surface area contributed by atoms with Crippen LogP contribution >= 0.6 is 0 Å². The predicted octanol–water partition coefficient (Wildman–Crippen LogP) is 0.112. The van der Waals surface area contributed by atoms with Crippen LogP contribution in [-0.2, 0) is 19.6 Å². The first-order chi connectivity index (χ1) is 10.1. The van der Waals surface area contributed by atoms with E-state index in [0.717, 1.165) is 10.5 Å². The molecule has 2 atom stereocenters. The van der Waals surface area contributed by atoms with Crippen molar-refractivity contribution in [2.75, 3.05) is 13.7 Å². The number of carboxylic acid groups (broad SMARTS) is 1. The van der Waals surface area contributed by atoms with Crippen molar-refractivity contribution in [1.29, 1.82) is 0 Å². The van der Waals surface area contributed by atoms with Crippen molar-refractivity contribution in [2.24, 2.45) is 0 Å². The van der Waals surface area contributed by atoms with Gasteiger partial charge in [0.25, 0.3) is 10.0 Å². The topological polar surface area (TPSA) is 115 Å². The maximum absolute atomic E-state index is 12.9. The van der Waals surface area contributed by atoms with Crippen LogP contribution in [0.4, 0.5) is 0 Å². The van der Waals surface area contributed by atoms with Gasteiger partial charge in [0.05, 0.1) is 12.3 Å².